The second kappa shape index (κ2) is 7.92. The summed E-state index contributed by atoms with van der Waals surface area (Å²) in [6.07, 6.45) is 0. The fourth-order valence-corrected chi connectivity index (χ4v) is 3.45. The number of halogens is 4. The van der Waals surface area contributed by atoms with E-state index in [4.69, 9.17) is 11.6 Å². The molecule has 0 aliphatic carbocycles. The molecule has 156 valence electrons. The van der Waals surface area contributed by atoms with Crippen molar-refractivity contribution >= 4 is 40.4 Å². The minimum Gasteiger partial charge on any atom is -0.350 e. The van der Waals surface area contributed by atoms with E-state index < -0.39 is 35.0 Å². The molecule has 31 heavy (non-hydrogen) atoms. The molecule has 4 rings (SSSR count). The number of hydrogen-bond donors (Lipinski definition) is 1. The predicted molar refractivity (Wildman–Crippen MR) is 112 cm³/mol. The van der Waals surface area contributed by atoms with Crippen LogP contribution in [-0.2, 0) is 9.59 Å². The zero-order valence-electron chi connectivity index (χ0n) is 16.0. The van der Waals surface area contributed by atoms with Gasteiger partial charge in [0.2, 0.25) is 0 Å². The minimum absolute atomic E-state index is 0.0758. The van der Waals surface area contributed by atoms with E-state index in [0.29, 0.717) is 21.7 Å². The zero-order valence-corrected chi connectivity index (χ0v) is 16.8. The highest BCUT2D eigenvalue weighted by Crippen LogP contribution is 2.36. The fraction of sp³-hybridized carbons (Fsp3) is 0.0435. The normalized spacial score (nSPS) is 13.9. The van der Waals surface area contributed by atoms with Crippen LogP contribution in [0.5, 0.6) is 0 Å². The van der Waals surface area contributed by atoms with Crippen molar-refractivity contribution in [2.45, 2.75) is 6.92 Å². The maximum absolute atomic E-state index is 14.4. The molecule has 8 heteroatoms. The van der Waals surface area contributed by atoms with Crippen molar-refractivity contribution in [1.82, 2.24) is 0 Å². The number of aryl methyl sites for hydroxylation is 1. The Morgan fingerprint density at radius 2 is 1.52 bits per heavy atom. The van der Waals surface area contributed by atoms with Crippen LogP contribution in [0.15, 0.2) is 66.4 Å². The molecular weight excluding hydrogens is 429 g/mol. The van der Waals surface area contributed by atoms with Crippen molar-refractivity contribution < 1.29 is 22.8 Å². The number of carbonyl (C=O) groups is 2. The number of nitrogens with zero attached hydrogens (tertiary/aromatic N) is 1. The summed E-state index contributed by atoms with van der Waals surface area (Å²) in [5.74, 6) is -4.11. The number of imide groups is 1. The van der Waals surface area contributed by atoms with Crippen LogP contribution < -0.4 is 10.2 Å². The summed E-state index contributed by atoms with van der Waals surface area (Å²) in [5.41, 5.74) is 0.855. The van der Waals surface area contributed by atoms with E-state index in [1.165, 1.54) is 12.1 Å². The first-order chi connectivity index (χ1) is 14.8. The Morgan fingerprint density at radius 1 is 0.839 bits per heavy atom. The molecule has 0 aromatic heterocycles. The van der Waals surface area contributed by atoms with Crippen LogP contribution in [0.3, 0.4) is 0 Å². The summed E-state index contributed by atoms with van der Waals surface area (Å²) in [6, 6.07) is 12.5. The summed E-state index contributed by atoms with van der Waals surface area (Å²) in [6.45, 7) is 1.77. The molecule has 0 saturated carbocycles. The van der Waals surface area contributed by atoms with Gasteiger partial charge in [-0.15, -0.1) is 0 Å². The van der Waals surface area contributed by atoms with Gasteiger partial charge in [0, 0.05) is 16.8 Å². The van der Waals surface area contributed by atoms with Gasteiger partial charge in [-0.25, -0.2) is 18.1 Å². The maximum Gasteiger partial charge on any atom is 0.282 e. The molecule has 0 radical (unpaired) electrons. The van der Waals surface area contributed by atoms with Crippen LogP contribution in [0.1, 0.15) is 11.1 Å². The summed E-state index contributed by atoms with van der Waals surface area (Å²) in [7, 11) is 0. The van der Waals surface area contributed by atoms with Gasteiger partial charge >= 0.3 is 0 Å². The van der Waals surface area contributed by atoms with E-state index in [1.807, 2.05) is 0 Å². The number of nitrogens with one attached hydrogen (secondary N) is 1. The molecule has 0 fully saturated rings. The van der Waals surface area contributed by atoms with Gasteiger partial charge < -0.3 is 5.32 Å². The first-order valence-corrected chi connectivity index (χ1v) is 9.51. The van der Waals surface area contributed by atoms with Crippen molar-refractivity contribution in [2.75, 3.05) is 10.2 Å². The van der Waals surface area contributed by atoms with E-state index >= 15 is 0 Å². The van der Waals surface area contributed by atoms with Gasteiger partial charge in [-0.2, -0.15) is 0 Å². The summed E-state index contributed by atoms with van der Waals surface area (Å²) in [4.78, 5) is 27.1. The molecule has 0 saturated heterocycles. The number of anilines is 2. The van der Waals surface area contributed by atoms with E-state index in [2.05, 4.69) is 5.32 Å². The van der Waals surface area contributed by atoms with Gasteiger partial charge in [0.1, 0.15) is 23.1 Å². The van der Waals surface area contributed by atoms with E-state index in [1.54, 1.807) is 25.1 Å². The van der Waals surface area contributed by atoms with Crippen LogP contribution in [0.2, 0.25) is 5.02 Å². The predicted octanol–water partition coefficient (Wildman–Crippen LogP) is 5.46. The van der Waals surface area contributed by atoms with Crippen molar-refractivity contribution in [2.24, 2.45) is 0 Å². The first-order valence-electron chi connectivity index (χ1n) is 9.13. The van der Waals surface area contributed by atoms with E-state index in [-0.39, 0.29) is 16.8 Å². The van der Waals surface area contributed by atoms with Crippen LogP contribution >= 0.6 is 11.6 Å². The van der Waals surface area contributed by atoms with Gasteiger partial charge in [-0.05, 0) is 54.4 Å². The quantitative estimate of drug-likeness (QED) is 0.546. The van der Waals surface area contributed by atoms with Crippen molar-refractivity contribution in [3.63, 3.8) is 0 Å². The van der Waals surface area contributed by atoms with Crippen LogP contribution in [0, 0.1) is 24.4 Å². The molecule has 0 atom stereocenters. The van der Waals surface area contributed by atoms with E-state index in [9.17, 15) is 22.8 Å². The Bertz CT molecular complexity index is 1260. The monoisotopic (exact) mass is 442 g/mol. The Kier molecular flexibility index (Phi) is 5.29. The van der Waals surface area contributed by atoms with Crippen LogP contribution in [0.25, 0.3) is 5.57 Å². The molecule has 4 nitrogen and oxygen atoms in total. The molecule has 0 bridgehead atoms. The van der Waals surface area contributed by atoms with Crippen LogP contribution in [-0.4, -0.2) is 11.8 Å². The van der Waals surface area contributed by atoms with Crippen molar-refractivity contribution in [1.29, 1.82) is 0 Å². The topological polar surface area (TPSA) is 49.4 Å². The molecule has 0 spiro atoms. The molecule has 1 aliphatic rings. The average molecular weight is 443 g/mol. The van der Waals surface area contributed by atoms with Gasteiger partial charge in [-0.1, -0.05) is 29.8 Å². The smallest absolute Gasteiger partial charge is 0.282 e. The summed E-state index contributed by atoms with van der Waals surface area (Å²) >= 11 is 6.05. The lowest BCUT2D eigenvalue weighted by Crippen LogP contribution is -2.33. The molecule has 2 amide bonds. The lowest BCUT2D eigenvalue weighted by atomic mass is 10.0. The SMILES string of the molecule is Cc1ccc(Cl)cc1NC1=C(c2ccc(F)cc2)C(=O)N(c2ccc(F)cc2F)C1=O. The molecule has 3 aromatic carbocycles. The Hall–Kier alpha value is -3.58. The number of hydrogen-bond acceptors (Lipinski definition) is 3. The lowest BCUT2D eigenvalue weighted by molar-refractivity contribution is -0.120. The molecular formula is C23H14ClF3N2O2. The Morgan fingerprint density at radius 3 is 2.19 bits per heavy atom. The second-order valence-electron chi connectivity index (χ2n) is 6.88. The van der Waals surface area contributed by atoms with Crippen molar-refractivity contribution in [3.05, 3.63) is 100.0 Å². The number of amides is 2. The minimum atomic E-state index is -1.07. The average Bonchev–Trinajstić information content (AvgIpc) is 2.96. The number of carbonyl (C=O) groups excluding carboxylic acids is 2. The third kappa shape index (κ3) is 3.80. The zero-order chi connectivity index (χ0) is 22.3. The van der Waals surface area contributed by atoms with Gasteiger partial charge in [0.25, 0.3) is 11.8 Å². The maximum atomic E-state index is 14.4. The molecule has 1 heterocycles. The summed E-state index contributed by atoms with van der Waals surface area (Å²) in [5, 5.41) is 3.32. The third-order valence-corrected chi connectivity index (χ3v) is 5.06. The van der Waals surface area contributed by atoms with Gasteiger partial charge in [-0.3, -0.25) is 9.59 Å². The van der Waals surface area contributed by atoms with E-state index in [0.717, 1.165) is 29.8 Å². The van der Waals surface area contributed by atoms with Gasteiger partial charge in [0.05, 0.1) is 11.3 Å². The Balaban J connectivity index is 1.87. The third-order valence-electron chi connectivity index (χ3n) is 4.83. The fourth-order valence-electron chi connectivity index (χ4n) is 3.28. The standard InChI is InChI=1S/C23H14ClF3N2O2/c1-12-2-5-14(24)10-18(12)28-21-20(13-3-6-15(25)7-4-13)22(30)29(23(21)31)19-9-8-16(26)11-17(19)27/h2-11,28H,1H3. The molecule has 3 aromatic rings. The molecule has 1 N–H and O–H groups in total. The highest BCUT2D eigenvalue weighted by atomic mass is 35.5. The highest BCUT2D eigenvalue weighted by Gasteiger charge is 2.41. The Labute approximate surface area is 180 Å². The number of benzene rings is 3. The molecule has 1 aliphatic heterocycles. The summed E-state index contributed by atoms with van der Waals surface area (Å²) < 4.78 is 41.2. The lowest BCUT2D eigenvalue weighted by Gasteiger charge is -2.16. The second-order valence-corrected chi connectivity index (χ2v) is 7.32. The van der Waals surface area contributed by atoms with Crippen molar-refractivity contribution in [3.8, 4) is 0 Å². The molecule has 0 unspecified atom stereocenters. The van der Waals surface area contributed by atoms with Crippen LogP contribution in [0.4, 0.5) is 24.5 Å². The largest absolute Gasteiger partial charge is 0.350 e. The highest BCUT2D eigenvalue weighted by molar-refractivity contribution is 6.46. The first kappa shape index (κ1) is 20.7. The number of rotatable bonds is 4. The van der Waals surface area contributed by atoms with Gasteiger partial charge in [0.15, 0.2) is 0 Å².